The second kappa shape index (κ2) is 6.54. The number of H-pyrrole nitrogens is 1. The van der Waals surface area contributed by atoms with Crippen LogP contribution in [0, 0.1) is 18.3 Å². The van der Waals surface area contributed by atoms with Crippen molar-refractivity contribution in [3.8, 4) is 17.5 Å². The fourth-order valence-electron chi connectivity index (χ4n) is 3.40. The first-order valence-electron chi connectivity index (χ1n) is 8.57. The van der Waals surface area contributed by atoms with E-state index in [0.717, 1.165) is 22.2 Å². The Morgan fingerprint density at radius 1 is 1.11 bits per heavy atom. The first kappa shape index (κ1) is 16.7. The molecule has 6 heteroatoms. The predicted octanol–water partition coefficient (Wildman–Crippen LogP) is 3.76. The highest BCUT2D eigenvalue weighted by molar-refractivity contribution is 6.12. The van der Waals surface area contributed by atoms with Crippen LogP contribution < -0.4 is 0 Å². The molecule has 27 heavy (non-hydrogen) atoms. The Kier molecular flexibility index (Phi) is 4.05. The number of hydrogen-bond donors (Lipinski definition) is 1. The van der Waals surface area contributed by atoms with Crippen LogP contribution in [0.25, 0.3) is 22.3 Å². The number of hydrogen-bond acceptors (Lipinski definition) is 4. The van der Waals surface area contributed by atoms with Gasteiger partial charge in [0.05, 0.1) is 6.07 Å². The molecule has 1 unspecified atom stereocenters. The van der Waals surface area contributed by atoms with Crippen molar-refractivity contribution in [1.82, 2.24) is 19.7 Å². The molecular formula is C21H17N5O. The fourth-order valence-corrected chi connectivity index (χ4v) is 3.40. The Balaban J connectivity index is 1.79. The quantitative estimate of drug-likeness (QED) is 0.565. The molecule has 0 bridgehead atoms. The lowest BCUT2D eigenvalue weighted by molar-refractivity contribution is 0.0976. The van der Waals surface area contributed by atoms with Crippen molar-refractivity contribution in [3.05, 3.63) is 71.7 Å². The van der Waals surface area contributed by atoms with Gasteiger partial charge >= 0.3 is 0 Å². The maximum Gasteiger partial charge on any atom is 0.190 e. The van der Waals surface area contributed by atoms with Crippen LogP contribution in [0.4, 0.5) is 0 Å². The summed E-state index contributed by atoms with van der Waals surface area (Å²) in [6.07, 6.45) is 0. The molecule has 6 nitrogen and oxygen atoms in total. The molecule has 4 rings (SSSR count). The zero-order valence-electron chi connectivity index (χ0n) is 15.0. The van der Waals surface area contributed by atoms with Crippen LogP contribution in [0.1, 0.15) is 27.8 Å². The lowest BCUT2D eigenvalue weighted by Crippen LogP contribution is -2.16. The number of benzene rings is 2. The first-order chi connectivity index (χ1) is 13.1. The second-order valence-corrected chi connectivity index (χ2v) is 6.40. The van der Waals surface area contributed by atoms with E-state index < -0.39 is 5.92 Å². The fraction of sp³-hybridized carbons (Fsp3) is 0.143. The number of nitriles is 1. The van der Waals surface area contributed by atoms with Crippen LogP contribution >= 0.6 is 0 Å². The van der Waals surface area contributed by atoms with Crippen LogP contribution in [0.5, 0.6) is 0 Å². The minimum absolute atomic E-state index is 0.275. The summed E-state index contributed by atoms with van der Waals surface area (Å²) >= 11 is 0. The molecule has 0 amide bonds. The monoisotopic (exact) mass is 355 g/mol. The number of para-hydroxylation sites is 1. The first-order valence-corrected chi connectivity index (χ1v) is 8.57. The van der Waals surface area contributed by atoms with Crippen molar-refractivity contribution >= 4 is 16.7 Å². The zero-order valence-corrected chi connectivity index (χ0v) is 15.0. The van der Waals surface area contributed by atoms with Crippen LogP contribution in [0.3, 0.4) is 0 Å². The van der Waals surface area contributed by atoms with Crippen molar-refractivity contribution in [2.45, 2.75) is 12.8 Å². The molecule has 1 atom stereocenters. The van der Waals surface area contributed by atoms with Gasteiger partial charge in [0, 0.05) is 34.8 Å². The molecule has 132 valence electrons. The van der Waals surface area contributed by atoms with Crippen LogP contribution in [-0.2, 0) is 7.05 Å². The van der Waals surface area contributed by atoms with E-state index in [4.69, 9.17) is 0 Å². The third kappa shape index (κ3) is 2.70. The van der Waals surface area contributed by atoms with Gasteiger partial charge in [-0.25, -0.2) is 0 Å². The summed E-state index contributed by atoms with van der Waals surface area (Å²) in [4.78, 5) is 16.5. The molecule has 0 saturated carbocycles. The summed E-state index contributed by atoms with van der Waals surface area (Å²) in [5.74, 6) is -0.347. The molecule has 0 saturated heterocycles. The maximum absolute atomic E-state index is 13.2. The number of ketones is 1. The molecule has 0 radical (unpaired) electrons. The lowest BCUT2D eigenvalue weighted by atomic mass is 9.95. The number of aryl methyl sites for hydroxylation is 1. The SMILES string of the molecule is Cc1[nH]c2ccccc2c1C(=O)C(C#N)c1nnc(-c2ccccc2)n1C. The number of aromatic nitrogens is 4. The summed E-state index contributed by atoms with van der Waals surface area (Å²) in [6, 6.07) is 19.3. The van der Waals surface area contributed by atoms with Crippen molar-refractivity contribution in [2.24, 2.45) is 7.05 Å². The summed E-state index contributed by atoms with van der Waals surface area (Å²) in [6.45, 7) is 1.84. The average Bonchev–Trinajstić information content (AvgIpc) is 3.22. The van der Waals surface area contributed by atoms with Gasteiger partial charge < -0.3 is 9.55 Å². The van der Waals surface area contributed by atoms with E-state index in [0.29, 0.717) is 17.2 Å². The molecule has 0 aliphatic rings. The Hall–Kier alpha value is -3.72. The van der Waals surface area contributed by atoms with Crippen LogP contribution in [-0.4, -0.2) is 25.5 Å². The standard InChI is InChI=1S/C21H17N5O/c1-13-18(15-10-6-7-11-17(15)23-13)19(27)16(12-22)21-25-24-20(26(21)2)14-8-4-3-5-9-14/h3-11,16,23H,1-2H3. The van der Waals surface area contributed by atoms with E-state index in [-0.39, 0.29) is 5.78 Å². The van der Waals surface area contributed by atoms with E-state index in [1.807, 2.05) is 61.5 Å². The van der Waals surface area contributed by atoms with Crippen molar-refractivity contribution in [1.29, 1.82) is 5.26 Å². The van der Waals surface area contributed by atoms with Crippen LogP contribution in [0.15, 0.2) is 54.6 Å². The Morgan fingerprint density at radius 2 is 1.81 bits per heavy atom. The molecule has 2 aromatic heterocycles. The predicted molar refractivity (Wildman–Crippen MR) is 102 cm³/mol. The highest BCUT2D eigenvalue weighted by Crippen LogP contribution is 2.29. The van der Waals surface area contributed by atoms with Gasteiger partial charge in [-0.05, 0) is 13.0 Å². The van der Waals surface area contributed by atoms with Gasteiger partial charge in [0.25, 0.3) is 0 Å². The largest absolute Gasteiger partial charge is 0.358 e. The van der Waals surface area contributed by atoms with E-state index in [1.54, 1.807) is 11.6 Å². The number of nitrogens with zero attached hydrogens (tertiary/aromatic N) is 4. The van der Waals surface area contributed by atoms with Crippen LogP contribution in [0.2, 0.25) is 0 Å². The molecule has 2 heterocycles. The lowest BCUT2D eigenvalue weighted by Gasteiger charge is -2.09. The van der Waals surface area contributed by atoms with Gasteiger partial charge in [0.15, 0.2) is 23.3 Å². The van der Waals surface area contributed by atoms with Gasteiger partial charge in [-0.15, -0.1) is 10.2 Å². The second-order valence-electron chi connectivity index (χ2n) is 6.40. The Bertz CT molecular complexity index is 1180. The Labute approximate surface area is 156 Å². The van der Waals surface area contributed by atoms with Crippen molar-refractivity contribution in [3.63, 3.8) is 0 Å². The molecule has 2 aromatic carbocycles. The number of aromatic amines is 1. The van der Waals surface area contributed by atoms with Gasteiger partial charge in [0.2, 0.25) is 0 Å². The van der Waals surface area contributed by atoms with Gasteiger partial charge in [-0.3, -0.25) is 4.79 Å². The molecule has 0 aliphatic heterocycles. The van der Waals surface area contributed by atoms with Crippen molar-refractivity contribution < 1.29 is 4.79 Å². The molecule has 0 fully saturated rings. The number of carbonyl (C=O) groups excluding carboxylic acids is 1. The van der Waals surface area contributed by atoms with E-state index in [9.17, 15) is 10.1 Å². The molecule has 0 aliphatic carbocycles. The zero-order chi connectivity index (χ0) is 19.0. The van der Waals surface area contributed by atoms with Gasteiger partial charge in [-0.2, -0.15) is 5.26 Å². The molecule has 0 spiro atoms. The average molecular weight is 355 g/mol. The highest BCUT2D eigenvalue weighted by atomic mass is 16.1. The third-order valence-corrected chi connectivity index (χ3v) is 4.73. The van der Waals surface area contributed by atoms with E-state index >= 15 is 0 Å². The molecular weight excluding hydrogens is 338 g/mol. The minimum Gasteiger partial charge on any atom is -0.358 e. The van der Waals surface area contributed by atoms with Gasteiger partial charge in [0.1, 0.15) is 0 Å². The molecule has 1 N–H and O–H groups in total. The molecule has 4 aromatic rings. The van der Waals surface area contributed by atoms with Gasteiger partial charge in [-0.1, -0.05) is 48.5 Å². The minimum atomic E-state index is -1.03. The number of Topliss-reactive ketones (excluding diaryl/α,β-unsaturated/α-hetero) is 1. The number of nitrogens with one attached hydrogen (secondary N) is 1. The topological polar surface area (TPSA) is 87.4 Å². The third-order valence-electron chi connectivity index (χ3n) is 4.73. The number of rotatable bonds is 4. The Morgan fingerprint density at radius 3 is 2.56 bits per heavy atom. The normalized spacial score (nSPS) is 12.0. The number of fused-ring (bicyclic) bond motifs is 1. The smallest absolute Gasteiger partial charge is 0.190 e. The summed E-state index contributed by atoms with van der Waals surface area (Å²) < 4.78 is 1.71. The highest BCUT2D eigenvalue weighted by Gasteiger charge is 2.30. The number of carbonyl (C=O) groups is 1. The summed E-state index contributed by atoms with van der Waals surface area (Å²) in [5, 5.41) is 18.9. The van der Waals surface area contributed by atoms with Crippen molar-refractivity contribution in [2.75, 3.05) is 0 Å². The van der Waals surface area contributed by atoms with E-state index in [2.05, 4.69) is 21.3 Å². The summed E-state index contributed by atoms with van der Waals surface area (Å²) in [5.41, 5.74) is 3.03. The summed E-state index contributed by atoms with van der Waals surface area (Å²) in [7, 11) is 1.78. The van der Waals surface area contributed by atoms with E-state index in [1.165, 1.54) is 0 Å². The maximum atomic E-state index is 13.2.